The average Bonchev–Trinajstić information content (AvgIpc) is 2.71. The molecule has 1 saturated heterocycles. The lowest BCUT2D eigenvalue weighted by molar-refractivity contribution is 0.127. The van der Waals surface area contributed by atoms with Gasteiger partial charge in [0.05, 0.1) is 0 Å². The first-order valence-electron chi connectivity index (χ1n) is 6.95. The van der Waals surface area contributed by atoms with Crippen LogP contribution in [-0.4, -0.2) is 32.6 Å². The van der Waals surface area contributed by atoms with Gasteiger partial charge in [-0.3, -0.25) is 4.90 Å². The first kappa shape index (κ1) is 13.8. The van der Waals surface area contributed by atoms with Gasteiger partial charge in [0, 0.05) is 6.54 Å². The van der Waals surface area contributed by atoms with Gasteiger partial charge in [0.1, 0.15) is 16.4 Å². The number of aromatic nitrogens is 3. The van der Waals surface area contributed by atoms with E-state index >= 15 is 0 Å². The zero-order valence-corrected chi connectivity index (χ0v) is 13.5. The molecule has 2 aromatic heterocycles. The Labute approximate surface area is 127 Å². The van der Waals surface area contributed by atoms with Crippen LogP contribution in [0.3, 0.4) is 0 Å². The second-order valence-corrected chi connectivity index (χ2v) is 7.15. The van der Waals surface area contributed by atoms with Crippen LogP contribution in [0.5, 0.6) is 0 Å². The molecule has 0 aliphatic carbocycles. The molecule has 2 aromatic rings. The van der Waals surface area contributed by atoms with Crippen molar-refractivity contribution >= 4 is 27.3 Å². The highest BCUT2D eigenvalue weighted by molar-refractivity contribution is 9.10. The highest BCUT2D eigenvalue weighted by Crippen LogP contribution is 2.31. The van der Waals surface area contributed by atoms with E-state index in [4.69, 9.17) is 5.73 Å². The fourth-order valence-electron chi connectivity index (χ4n) is 2.78. The number of anilines is 1. The van der Waals surface area contributed by atoms with E-state index < -0.39 is 0 Å². The molecule has 0 unspecified atom stereocenters. The summed E-state index contributed by atoms with van der Waals surface area (Å²) in [5.74, 6) is 0.540. The minimum Gasteiger partial charge on any atom is -0.382 e. The molecule has 0 saturated carbocycles. The number of likely N-dealkylation sites (tertiary alicyclic amines) is 1. The van der Waals surface area contributed by atoms with Crippen molar-refractivity contribution in [2.24, 2.45) is 5.41 Å². The van der Waals surface area contributed by atoms with Gasteiger partial charge < -0.3 is 5.73 Å². The molecule has 3 heterocycles. The third-order valence-corrected chi connectivity index (χ3v) is 4.79. The first-order chi connectivity index (χ1) is 9.46. The predicted molar refractivity (Wildman–Crippen MR) is 83.4 cm³/mol. The minimum absolute atomic E-state index is 0.474. The number of hydrogen-bond acceptors (Lipinski definition) is 4. The van der Waals surface area contributed by atoms with Crippen molar-refractivity contribution in [3.8, 4) is 0 Å². The van der Waals surface area contributed by atoms with Crippen LogP contribution >= 0.6 is 15.9 Å². The van der Waals surface area contributed by atoms with Crippen LogP contribution in [-0.2, 0) is 6.54 Å². The third-order valence-electron chi connectivity index (χ3n) is 4.22. The van der Waals surface area contributed by atoms with Gasteiger partial charge in [0.2, 0.25) is 0 Å². The molecule has 5 nitrogen and oxygen atoms in total. The zero-order valence-electron chi connectivity index (χ0n) is 11.9. The number of fused-ring (bicyclic) bond motifs is 1. The Hall–Kier alpha value is -1.14. The van der Waals surface area contributed by atoms with Crippen molar-refractivity contribution in [1.29, 1.82) is 0 Å². The van der Waals surface area contributed by atoms with E-state index in [0.29, 0.717) is 11.2 Å². The zero-order chi connectivity index (χ0) is 14.3. The topological polar surface area (TPSA) is 59.5 Å². The van der Waals surface area contributed by atoms with E-state index in [1.807, 2.05) is 4.52 Å². The van der Waals surface area contributed by atoms with Crippen molar-refractivity contribution < 1.29 is 0 Å². The van der Waals surface area contributed by atoms with Crippen molar-refractivity contribution in [3.63, 3.8) is 0 Å². The highest BCUT2D eigenvalue weighted by Gasteiger charge is 2.26. The van der Waals surface area contributed by atoms with Crippen LogP contribution in [0.25, 0.3) is 5.52 Å². The van der Waals surface area contributed by atoms with Gasteiger partial charge in [0.25, 0.3) is 0 Å². The summed E-state index contributed by atoms with van der Waals surface area (Å²) in [6, 6.07) is 2.10. The second kappa shape index (κ2) is 5.00. The molecule has 0 bridgehead atoms. The molecule has 1 aliphatic heterocycles. The molecule has 1 aliphatic rings. The van der Waals surface area contributed by atoms with Gasteiger partial charge in [0.15, 0.2) is 5.82 Å². The number of nitrogens with zero attached hydrogens (tertiary/aromatic N) is 4. The van der Waals surface area contributed by atoms with Crippen LogP contribution in [0, 0.1) is 5.41 Å². The lowest BCUT2D eigenvalue weighted by Gasteiger charge is -2.36. The minimum atomic E-state index is 0.474. The van der Waals surface area contributed by atoms with E-state index in [9.17, 15) is 0 Å². The normalized spacial score (nSPS) is 19.6. The summed E-state index contributed by atoms with van der Waals surface area (Å²) in [6.07, 6.45) is 3.97. The first-order valence-corrected chi connectivity index (χ1v) is 7.74. The van der Waals surface area contributed by atoms with Crippen LogP contribution in [0.1, 0.15) is 32.3 Å². The fourth-order valence-corrected chi connectivity index (χ4v) is 3.33. The SMILES string of the molecule is CC1(C)CCN(Cc2cc(Br)n3ncnc(N)c23)CC1. The quantitative estimate of drug-likeness (QED) is 0.915. The van der Waals surface area contributed by atoms with E-state index in [1.165, 1.54) is 24.7 Å². The largest absolute Gasteiger partial charge is 0.382 e. The van der Waals surface area contributed by atoms with Gasteiger partial charge in [-0.2, -0.15) is 5.10 Å². The third kappa shape index (κ3) is 2.54. The molecular weight excluding hydrogens is 318 g/mol. The summed E-state index contributed by atoms with van der Waals surface area (Å²) in [6.45, 7) is 7.87. The average molecular weight is 338 g/mol. The maximum atomic E-state index is 6.01. The maximum Gasteiger partial charge on any atom is 0.151 e. The number of nitrogen functional groups attached to an aromatic ring is 1. The van der Waals surface area contributed by atoms with Crippen LogP contribution in [0.4, 0.5) is 5.82 Å². The summed E-state index contributed by atoms with van der Waals surface area (Å²) < 4.78 is 2.74. The predicted octanol–water partition coefficient (Wildman–Crippen LogP) is 2.70. The van der Waals surface area contributed by atoms with Crippen LogP contribution < -0.4 is 5.73 Å². The summed E-state index contributed by atoms with van der Waals surface area (Å²) in [5, 5.41) is 4.24. The molecule has 6 heteroatoms. The highest BCUT2D eigenvalue weighted by atomic mass is 79.9. The van der Waals surface area contributed by atoms with Gasteiger partial charge in [-0.1, -0.05) is 13.8 Å². The molecule has 0 amide bonds. The number of rotatable bonds is 2. The fraction of sp³-hybridized carbons (Fsp3) is 0.571. The molecule has 2 N–H and O–H groups in total. The molecule has 0 aromatic carbocycles. The number of halogens is 1. The Balaban J connectivity index is 1.85. The van der Waals surface area contributed by atoms with Crippen LogP contribution in [0.15, 0.2) is 17.0 Å². The molecule has 3 rings (SSSR count). The van der Waals surface area contributed by atoms with E-state index in [2.05, 4.69) is 50.8 Å². The van der Waals surface area contributed by atoms with E-state index in [0.717, 1.165) is 29.8 Å². The Kier molecular flexibility index (Phi) is 3.46. The van der Waals surface area contributed by atoms with Crippen LogP contribution in [0.2, 0.25) is 0 Å². The number of hydrogen-bond donors (Lipinski definition) is 1. The van der Waals surface area contributed by atoms with Crippen molar-refractivity contribution in [1.82, 2.24) is 19.5 Å². The summed E-state index contributed by atoms with van der Waals surface area (Å²) in [5.41, 5.74) is 8.59. The van der Waals surface area contributed by atoms with Crippen molar-refractivity contribution in [2.45, 2.75) is 33.2 Å². The van der Waals surface area contributed by atoms with Crippen molar-refractivity contribution in [3.05, 3.63) is 22.6 Å². The van der Waals surface area contributed by atoms with Crippen molar-refractivity contribution in [2.75, 3.05) is 18.8 Å². The lowest BCUT2D eigenvalue weighted by Crippen LogP contribution is -2.36. The molecule has 20 heavy (non-hydrogen) atoms. The Morgan fingerprint density at radius 2 is 2.05 bits per heavy atom. The smallest absolute Gasteiger partial charge is 0.151 e. The summed E-state index contributed by atoms with van der Waals surface area (Å²) in [4.78, 5) is 6.59. The number of piperidine rings is 1. The Morgan fingerprint density at radius 3 is 2.75 bits per heavy atom. The summed E-state index contributed by atoms with van der Waals surface area (Å²) in [7, 11) is 0. The van der Waals surface area contributed by atoms with E-state index in [-0.39, 0.29) is 0 Å². The molecular formula is C14H20BrN5. The van der Waals surface area contributed by atoms with Gasteiger partial charge in [-0.05, 0) is 58.9 Å². The molecule has 0 radical (unpaired) electrons. The molecule has 1 fully saturated rings. The monoisotopic (exact) mass is 337 g/mol. The molecule has 108 valence electrons. The standard InChI is InChI=1S/C14H20BrN5/c1-14(2)3-5-19(6-4-14)8-10-7-11(15)20-12(10)13(16)17-9-18-20/h7,9H,3-6,8H2,1-2H3,(H2,16,17,18). The molecule has 0 atom stereocenters. The number of nitrogens with two attached hydrogens (primary N) is 1. The van der Waals surface area contributed by atoms with E-state index in [1.54, 1.807) is 0 Å². The Bertz CT molecular complexity index is 624. The second-order valence-electron chi connectivity index (χ2n) is 6.34. The lowest BCUT2D eigenvalue weighted by atomic mass is 9.82. The van der Waals surface area contributed by atoms with Gasteiger partial charge in [-0.15, -0.1) is 0 Å². The van der Waals surface area contributed by atoms with Gasteiger partial charge in [-0.25, -0.2) is 9.50 Å². The molecule has 0 spiro atoms. The summed E-state index contributed by atoms with van der Waals surface area (Å²) >= 11 is 3.53. The maximum absolute atomic E-state index is 6.01. The Morgan fingerprint density at radius 1 is 1.35 bits per heavy atom. The van der Waals surface area contributed by atoms with Gasteiger partial charge >= 0.3 is 0 Å².